The summed E-state index contributed by atoms with van der Waals surface area (Å²) in [6, 6.07) is 4.26. The van der Waals surface area contributed by atoms with Gasteiger partial charge in [-0.25, -0.2) is 13.1 Å². The zero-order valence-corrected chi connectivity index (χ0v) is 12.1. The number of nitrogen functional groups attached to an aromatic ring is 1. The molecule has 6 nitrogen and oxygen atoms in total. The Morgan fingerprint density at radius 1 is 1.39 bits per heavy atom. The SMILES string of the molecule is CC(CO)(CO)NS(=O)(=O)c1ccc(N)cc1Br. The molecule has 0 saturated heterocycles. The number of nitrogens with one attached hydrogen (secondary N) is 1. The number of hydrogen-bond donors (Lipinski definition) is 4. The van der Waals surface area contributed by atoms with Gasteiger partial charge in [0.05, 0.1) is 23.6 Å². The van der Waals surface area contributed by atoms with E-state index in [1.54, 1.807) is 0 Å². The van der Waals surface area contributed by atoms with Crippen LogP contribution in [0.5, 0.6) is 0 Å². The van der Waals surface area contributed by atoms with E-state index in [2.05, 4.69) is 20.7 Å². The lowest BCUT2D eigenvalue weighted by Crippen LogP contribution is -2.51. The molecule has 0 fully saturated rings. The Labute approximate surface area is 114 Å². The van der Waals surface area contributed by atoms with E-state index in [0.717, 1.165) is 0 Å². The number of hydrogen-bond acceptors (Lipinski definition) is 5. The van der Waals surface area contributed by atoms with E-state index in [9.17, 15) is 8.42 Å². The van der Waals surface area contributed by atoms with Crippen molar-refractivity contribution >= 4 is 31.6 Å². The fraction of sp³-hybridized carbons (Fsp3) is 0.400. The van der Waals surface area contributed by atoms with E-state index >= 15 is 0 Å². The van der Waals surface area contributed by atoms with E-state index < -0.39 is 28.8 Å². The molecule has 8 heteroatoms. The largest absolute Gasteiger partial charge is 0.399 e. The minimum Gasteiger partial charge on any atom is -0.399 e. The third-order valence-electron chi connectivity index (χ3n) is 2.32. The molecule has 0 saturated carbocycles. The van der Waals surface area contributed by atoms with Gasteiger partial charge in [0.25, 0.3) is 0 Å². The molecule has 0 aliphatic rings. The van der Waals surface area contributed by atoms with Crippen molar-refractivity contribution < 1.29 is 18.6 Å². The van der Waals surface area contributed by atoms with Crippen LogP contribution in [0.4, 0.5) is 5.69 Å². The second-order valence-electron chi connectivity index (χ2n) is 4.17. The summed E-state index contributed by atoms with van der Waals surface area (Å²) in [6.45, 7) is 0.362. The fourth-order valence-electron chi connectivity index (χ4n) is 1.23. The molecule has 0 unspecified atom stereocenters. The first kappa shape index (κ1) is 15.4. The van der Waals surface area contributed by atoms with E-state index in [-0.39, 0.29) is 4.90 Å². The second-order valence-corrected chi connectivity index (χ2v) is 6.68. The molecular formula is C10H15BrN2O4S. The van der Waals surface area contributed by atoms with Crippen molar-refractivity contribution in [2.24, 2.45) is 0 Å². The van der Waals surface area contributed by atoms with Gasteiger partial charge < -0.3 is 15.9 Å². The van der Waals surface area contributed by atoms with Crippen LogP contribution in [0.2, 0.25) is 0 Å². The van der Waals surface area contributed by atoms with Gasteiger partial charge in [-0.3, -0.25) is 0 Å². The Bertz CT molecular complexity index is 529. The van der Waals surface area contributed by atoms with Gasteiger partial charge in [0.15, 0.2) is 0 Å². The predicted molar refractivity (Wildman–Crippen MR) is 71.5 cm³/mol. The van der Waals surface area contributed by atoms with Gasteiger partial charge in [0.1, 0.15) is 0 Å². The Morgan fingerprint density at radius 2 is 1.94 bits per heavy atom. The normalized spacial score (nSPS) is 12.7. The summed E-state index contributed by atoms with van der Waals surface area (Å²) >= 11 is 3.11. The van der Waals surface area contributed by atoms with Gasteiger partial charge in [-0.15, -0.1) is 0 Å². The van der Waals surface area contributed by atoms with Crippen molar-refractivity contribution in [1.29, 1.82) is 0 Å². The topological polar surface area (TPSA) is 113 Å². The maximum Gasteiger partial charge on any atom is 0.242 e. The Balaban J connectivity index is 3.15. The lowest BCUT2D eigenvalue weighted by molar-refractivity contribution is 0.121. The number of anilines is 1. The molecule has 1 aromatic rings. The van der Waals surface area contributed by atoms with Crippen molar-refractivity contribution in [2.75, 3.05) is 18.9 Å². The minimum atomic E-state index is -3.86. The molecule has 0 radical (unpaired) electrons. The summed E-state index contributed by atoms with van der Waals surface area (Å²) in [5, 5.41) is 18.2. The average molecular weight is 339 g/mol. The van der Waals surface area contributed by atoms with Crippen LogP contribution in [-0.4, -0.2) is 37.4 Å². The first-order chi connectivity index (χ1) is 8.24. The fourth-order valence-corrected chi connectivity index (χ4v) is 3.72. The van der Waals surface area contributed by atoms with Crippen LogP contribution in [0.25, 0.3) is 0 Å². The van der Waals surface area contributed by atoms with Gasteiger partial charge >= 0.3 is 0 Å². The highest BCUT2D eigenvalue weighted by Crippen LogP contribution is 2.25. The Kier molecular flexibility index (Phi) is 4.73. The number of sulfonamides is 1. The third kappa shape index (κ3) is 3.42. The number of nitrogens with two attached hydrogens (primary N) is 1. The highest BCUT2D eigenvalue weighted by atomic mass is 79.9. The maximum absolute atomic E-state index is 12.1. The summed E-state index contributed by atoms with van der Waals surface area (Å²) in [7, 11) is -3.86. The lowest BCUT2D eigenvalue weighted by atomic mass is 10.1. The van der Waals surface area contributed by atoms with Crippen molar-refractivity contribution in [3.63, 3.8) is 0 Å². The molecule has 1 aromatic carbocycles. The number of aliphatic hydroxyl groups is 2. The second kappa shape index (κ2) is 5.54. The van der Waals surface area contributed by atoms with Crippen molar-refractivity contribution in [2.45, 2.75) is 17.4 Å². The molecule has 0 amide bonds. The van der Waals surface area contributed by atoms with Gasteiger partial charge in [-0.2, -0.15) is 0 Å². The summed E-state index contributed by atoms with van der Waals surface area (Å²) in [5.41, 5.74) is 4.63. The van der Waals surface area contributed by atoms with Crippen LogP contribution in [0, 0.1) is 0 Å². The molecular weight excluding hydrogens is 324 g/mol. The number of aliphatic hydroxyl groups excluding tert-OH is 2. The highest BCUT2D eigenvalue weighted by molar-refractivity contribution is 9.10. The van der Waals surface area contributed by atoms with Crippen LogP contribution >= 0.6 is 15.9 Å². The van der Waals surface area contributed by atoms with Crippen LogP contribution in [0.15, 0.2) is 27.6 Å². The molecule has 18 heavy (non-hydrogen) atoms. The molecule has 0 aliphatic heterocycles. The van der Waals surface area contributed by atoms with Crippen LogP contribution in [-0.2, 0) is 10.0 Å². The van der Waals surface area contributed by atoms with Crippen LogP contribution in [0.1, 0.15) is 6.92 Å². The zero-order chi connectivity index (χ0) is 14.0. The quantitative estimate of drug-likeness (QED) is 0.567. The summed E-state index contributed by atoms with van der Waals surface area (Å²) in [6.07, 6.45) is 0. The first-order valence-electron chi connectivity index (χ1n) is 5.05. The summed E-state index contributed by atoms with van der Waals surface area (Å²) in [4.78, 5) is -0.00942. The molecule has 0 aliphatic carbocycles. The molecule has 102 valence electrons. The predicted octanol–water partition coefficient (Wildman–Crippen LogP) is 0.0529. The standard InChI is InChI=1S/C10H15BrN2O4S/c1-10(5-14,6-15)13-18(16,17)9-3-2-7(12)4-8(9)11/h2-4,13-15H,5-6,12H2,1H3. The third-order valence-corrected chi connectivity index (χ3v) is 4.94. The molecule has 1 rings (SSSR count). The van der Waals surface area contributed by atoms with Gasteiger partial charge in [0, 0.05) is 10.2 Å². The zero-order valence-electron chi connectivity index (χ0n) is 9.72. The summed E-state index contributed by atoms with van der Waals surface area (Å²) in [5.74, 6) is 0. The highest BCUT2D eigenvalue weighted by Gasteiger charge is 2.30. The van der Waals surface area contributed by atoms with Crippen LogP contribution in [0.3, 0.4) is 0 Å². The van der Waals surface area contributed by atoms with E-state index in [1.807, 2.05) is 0 Å². The minimum absolute atomic E-state index is 0.00942. The van der Waals surface area contributed by atoms with Gasteiger partial charge in [-0.1, -0.05) is 0 Å². The van der Waals surface area contributed by atoms with E-state index in [1.165, 1.54) is 25.1 Å². The molecule has 5 N–H and O–H groups in total. The number of halogens is 1. The van der Waals surface area contributed by atoms with E-state index in [4.69, 9.17) is 15.9 Å². The van der Waals surface area contributed by atoms with E-state index in [0.29, 0.717) is 10.2 Å². The Hall–Kier alpha value is -0.670. The molecule has 0 aromatic heterocycles. The lowest BCUT2D eigenvalue weighted by Gasteiger charge is -2.26. The van der Waals surface area contributed by atoms with Crippen molar-refractivity contribution in [1.82, 2.24) is 4.72 Å². The van der Waals surface area contributed by atoms with Gasteiger partial charge in [0.2, 0.25) is 10.0 Å². The number of benzene rings is 1. The monoisotopic (exact) mass is 338 g/mol. The van der Waals surface area contributed by atoms with Gasteiger partial charge in [-0.05, 0) is 41.1 Å². The maximum atomic E-state index is 12.1. The van der Waals surface area contributed by atoms with Crippen molar-refractivity contribution in [3.8, 4) is 0 Å². The van der Waals surface area contributed by atoms with Crippen LogP contribution < -0.4 is 10.5 Å². The smallest absolute Gasteiger partial charge is 0.242 e. The molecule has 0 spiro atoms. The summed E-state index contributed by atoms with van der Waals surface area (Å²) < 4.78 is 26.7. The average Bonchev–Trinajstić information content (AvgIpc) is 2.27. The van der Waals surface area contributed by atoms with Crippen molar-refractivity contribution in [3.05, 3.63) is 22.7 Å². The molecule has 0 heterocycles. The first-order valence-corrected chi connectivity index (χ1v) is 7.32. The Morgan fingerprint density at radius 3 is 2.39 bits per heavy atom. The molecule has 0 atom stereocenters. The molecule has 0 bridgehead atoms. The number of rotatable bonds is 5.